The van der Waals surface area contributed by atoms with Crippen LogP contribution < -0.4 is 0 Å². The highest BCUT2D eigenvalue weighted by Gasteiger charge is 2.79. The Labute approximate surface area is 544 Å². The average molecular weight is 1390 g/mol. The van der Waals surface area contributed by atoms with Gasteiger partial charge in [0.15, 0.2) is 31.5 Å². The fraction of sp³-hybridized carbons (Fsp3) is 0.900. The molecule has 6 aliphatic heterocycles. The maximum Gasteiger partial charge on any atom is 0.397 e. The largest absolute Gasteiger partial charge is 0.458 e. The summed E-state index contributed by atoms with van der Waals surface area (Å²) in [6.07, 6.45) is -34.5. The monoisotopic (exact) mass is 1390 g/mol. The Kier molecular flexibility index (Phi) is 22.0. The first kappa shape index (κ1) is 74.2. The van der Waals surface area contributed by atoms with Gasteiger partial charge in [-0.05, 0) is 94.8 Å². The van der Waals surface area contributed by atoms with Crippen molar-refractivity contribution in [2.75, 3.05) is 40.1 Å². The minimum atomic E-state index is -5.25. The van der Waals surface area contributed by atoms with Crippen molar-refractivity contribution in [2.45, 2.75) is 253 Å². The summed E-state index contributed by atoms with van der Waals surface area (Å²) in [7, 11) is -9.24. The van der Waals surface area contributed by atoms with Crippen molar-refractivity contribution < 1.29 is 152 Å². The molecule has 6 saturated heterocycles. The van der Waals surface area contributed by atoms with Gasteiger partial charge in [0.25, 0.3) is 0 Å². The Morgan fingerprint density at radius 1 is 0.660 bits per heavy atom. The van der Waals surface area contributed by atoms with Gasteiger partial charge in [-0.2, -0.15) is 16.8 Å². The van der Waals surface area contributed by atoms with Crippen LogP contribution in [0.3, 0.4) is 0 Å². The summed E-state index contributed by atoms with van der Waals surface area (Å²) < 4.78 is 149. The number of allylic oxidation sites excluding steroid dienone is 3. The molecule has 0 radical (unpaired) electrons. The third-order valence-corrected chi connectivity index (χ3v) is 23.2. The normalized spacial score (nSPS) is 48.8. The van der Waals surface area contributed by atoms with Gasteiger partial charge in [-0.15, -0.1) is 6.58 Å². The molecule has 31 atom stereocenters. The van der Waals surface area contributed by atoms with Gasteiger partial charge >= 0.3 is 26.8 Å². The molecule has 34 heteroatoms. The van der Waals surface area contributed by atoms with E-state index in [0.717, 1.165) is 24.7 Å². The number of cyclic esters (lactones) is 1. The SMILES string of the molecule is C=C(C)CCC[C@]1(C)OC(=O)C23CC[C@H]4C(=CCC5C(C)(C)C(O[C@@H]6OC[C@@H](COS(=O)(=O)O)[C@H](O)[C@H]6O[C@@H]6O[C@H](C)[C@@H](O[C@@H]7O[C@H](COS(=O)(=O)O)[C@@H](O)[C@H](O[C@@H]8O[C@H](CO)[C@@H](O)[C@H](OC)[C@H]8O)[C@H]7O)[C@H](O)[C@H]6O[C@@H]6OC[C@@H](O)[C@H](O)[C@H]6O)CC[C@@]54C)[C@]2(C)CC(=O)C31. The third kappa shape index (κ3) is 13.7. The fourth-order valence-corrected chi connectivity index (χ4v) is 18.2. The van der Waals surface area contributed by atoms with Gasteiger partial charge in [0.05, 0.1) is 62.7 Å². The number of carbonyl (C=O) groups excluding carboxylic acids is 2. The zero-order valence-electron chi connectivity index (χ0n) is 53.6. The van der Waals surface area contributed by atoms with Crippen molar-refractivity contribution >= 4 is 32.6 Å². The summed E-state index contributed by atoms with van der Waals surface area (Å²) >= 11 is 0. The van der Waals surface area contributed by atoms with Crippen LogP contribution in [-0.4, -0.2) is 276 Å². The number of fused-ring (bicyclic) bond motifs is 4. The molecule has 0 aromatic heterocycles. The van der Waals surface area contributed by atoms with Crippen LogP contribution in [0.4, 0.5) is 0 Å². The Morgan fingerprint density at radius 2 is 1.26 bits per heavy atom. The summed E-state index contributed by atoms with van der Waals surface area (Å²) in [4.78, 5) is 29.0. The van der Waals surface area contributed by atoms with E-state index in [0.29, 0.717) is 44.9 Å². The molecule has 12 N–H and O–H groups in total. The predicted octanol–water partition coefficient (Wildman–Crippen LogP) is -1.84. The van der Waals surface area contributed by atoms with E-state index < -0.39 is 234 Å². The average Bonchev–Trinajstić information content (AvgIpc) is 1.48. The van der Waals surface area contributed by atoms with Crippen LogP contribution >= 0.6 is 0 Å². The van der Waals surface area contributed by atoms with E-state index >= 15 is 0 Å². The maximum absolute atomic E-state index is 14.5. The number of ether oxygens (including phenoxy) is 12. The predicted molar refractivity (Wildman–Crippen MR) is 313 cm³/mol. The number of rotatable bonds is 22. The van der Waals surface area contributed by atoms with Crippen molar-refractivity contribution in [1.82, 2.24) is 0 Å². The van der Waals surface area contributed by atoms with Crippen molar-refractivity contribution in [2.24, 2.45) is 45.3 Å². The van der Waals surface area contributed by atoms with Gasteiger partial charge in [-0.3, -0.25) is 18.7 Å². The number of aliphatic hydroxyl groups excluding tert-OH is 10. The Hall–Kier alpha value is -2.48. The van der Waals surface area contributed by atoms with Gasteiger partial charge in [-0.25, -0.2) is 8.37 Å². The van der Waals surface area contributed by atoms with E-state index in [1.54, 1.807) is 0 Å². The van der Waals surface area contributed by atoms with E-state index in [1.807, 2.05) is 27.7 Å². The zero-order chi connectivity index (χ0) is 68.9. The molecule has 0 aromatic carbocycles. The second-order valence-electron chi connectivity index (χ2n) is 28.6. The molecule has 0 bridgehead atoms. The number of hydrogen-bond acceptors (Lipinski definition) is 30. The molecular weight excluding hydrogens is 1300 g/mol. The summed E-state index contributed by atoms with van der Waals surface area (Å²) in [6.45, 7) is 13.6. The molecular formula is C60H94O32S2. The second-order valence-corrected chi connectivity index (χ2v) is 30.8. The minimum absolute atomic E-state index is 0.0261. The van der Waals surface area contributed by atoms with E-state index in [-0.39, 0.29) is 30.0 Å². The number of Topliss-reactive ketones (excluding diaryl/α,β-unsaturated/α-hetero) is 1. The first-order valence-corrected chi connectivity index (χ1v) is 34.7. The molecule has 4 aliphatic carbocycles. The molecule has 538 valence electrons. The molecule has 10 aliphatic rings. The molecule has 1 spiro atoms. The molecule has 0 amide bonds. The van der Waals surface area contributed by atoms with Crippen molar-refractivity contribution in [3.05, 3.63) is 23.8 Å². The molecule has 3 saturated carbocycles. The van der Waals surface area contributed by atoms with Crippen LogP contribution in [0.5, 0.6) is 0 Å². The lowest BCUT2D eigenvalue weighted by molar-refractivity contribution is -0.402. The number of hydrogen-bond donors (Lipinski definition) is 12. The first-order valence-electron chi connectivity index (χ1n) is 31.9. The number of methoxy groups -OCH3 is 1. The van der Waals surface area contributed by atoms with Gasteiger partial charge in [-0.1, -0.05) is 44.9 Å². The minimum Gasteiger partial charge on any atom is -0.458 e. The van der Waals surface area contributed by atoms with Crippen LogP contribution in [0.25, 0.3) is 0 Å². The standard InChI is InChI=1S/C60H94O32S2/c1-25(2)11-10-16-59(8)49-30(62)19-58(7)29-12-13-34-56(4,5)35(15-17-57(34,6)28(29)14-18-60(49,58)55(72)92-59)87-53-47(36(64)27(21-80-53)22-82-93(73,74)75)91-54-48(90-50-40(68)37(65)31(63)23-81-50)41(69)44(26(3)84-54)88-52-43(71)46(39(67)33(86-52)24-83-94(76,77)78)89-51-42(70)45(79-9)38(66)32(20-61)85-51/h12,26-28,31-54,61,63-71H,1,10-11,13-24H2,2-9H3,(H,73,74,75)(H,76,77,78)/t26-,27+,28+,31-,32-,33-,34?,35?,36+,37+,38-,39-,40-,41+,42-,43-,44-,45+,46+,47-,48-,49?,50+,51+,52+,53+,54+,57-,58+,59+,60?/m1/s1. The first-order chi connectivity index (χ1) is 43.9. The van der Waals surface area contributed by atoms with Gasteiger partial charge in [0, 0.05) is 24.9 Å². The van der Waals surface area contributed by atoms with Crippen molar-refractivity contribution in [3.8, 4) is 0 Å². The quantitative estimate of drug-likeness (QED) is 0.0322. The highest BCUT2D eigenvalue weighted by Crippen LogP contribution is 2.75. The summed E-state index contributed by atoms with van der Waals surface area (Å²) in [5.74, 6) is -2.34. The smallest absolute Gasteiger partial charge is 0.397 e. The summed E-state index contributed by atoms with van der Waals surface area (Å²) in [5, 5.41) is 112. The Balaban J connectivity index is 0.924. The Morgan fingerprint density at radius 3 is 1.90 bits per heavy atom. The van der Waals surface area contributed by atoms with Gasteiger partial charge in [0.2, 0.25) is 0 Å². The lowest BCUT2D eigenvalue weighted by Crippen LogP contribution is -2.68. The van der Waals surface area contributed by atoms with Crippen LogP contribution in [0.1, 0.15) is 106 Å². The van der Waals surface area contributed by atoms with E-state index in [2.05, 4.69) is 30.7 Å². The third-order valence-electron chi connectivity index (χ3n) is 22.4. The molecule has 4 unspecified atom stereocenters. The highest BCUT2D eigenvalue weighted by molar-refractivity contribution is 7.81. The molecule has 10 rings (SSSR count). The molecule has 9 fully saturated rings. The number of esters is 1. The lowest BCUT2D eigenvalue weighted by Gasteiger charge is -2.63. The highest BCUT2D eigenvalue weighted by atomic mass is 32.3. The fourth-order valence-electron chi connectivity index (χ4n) is 17.5. The number of carbonyl (C=O) groups is 2. The lowest BCUT2D eigenvalue weighted by atomic mass is 9.41. The maximum atomic E-state index is 14.5. The summed E-state index contributed by atoms with van der Waals surface area (Å²) in [6, 6.07) is 0. The second kappa shape index (κ2) is 27.8. The molecule has 94 heavy (non-hydrogen) atoms. The van der Waals surface area contributed by atoms with Crippen LogP contribution in [-0.2, 0) is 95.6 Å². The van der Waals surface area contributed by atoms with Crippen molar-refractivity contribution in [1.29, 1.82) is 0 Å². The molecule has 32 nitrogen and oxygen atoms in total. The van der Waals surface area contributed by atoms with Crippen LogP contribution in [0.2, 0.25) is 0 Å². The zero-order valence-corrected chi connectivity index (χ0v) is 55.3. The van der Waals surface area contributed by atoms with Crippen LogP contribution in [0.15, 0.2) is 23.8 Å². The summed E-state index contributed by atoms with van der Waals surface area (Å²) in [5.41, 5.74) is -1.83. The topological polar surface area (TPSA) is 474 Å². The Bertz CT molecular complexity index is 2990. The van der Waals surface area contributed by atoms with Crippen LogP contribution in [0, 0.1) is 45.3 Å². The molecule has 6 heterocycles. The molecule has 0 aromatic rings. The number of aliphatic hydroxyl groups is 10. The number of ketones is 1. The van der Waals surface area contributed by atoms with E-state index in [4.69, 9.17) is 61.0 Å². The van der Waals surface area contributed by atoms with E-state index in [1.165, 1.54) is 6.92 Å². The van der Waals surface area contributed by atoms with E-state index in [9.17, 15) is 86.6 Å². The van der Waals surface area contributed by atoms with Gasteiger partial charge in [0.1, 0.15) is 103 Å². The van der Waals surface area contributed by atoms with Crippen molar-refractivity contribution in [3.63, 3.8) is 0 Å². The van der Waals surface area contributed by atoms with Gasteiger partial charge < -0.3 is 108 Å².